The van der Waals surface area contributed by atoms with E-state index >= 15 is 0 Å². The van der Waals surface area contributed by atoms with Crippen molar-refractivity contribution in [3.05, 3.63) is 41.6 Å². The molecule has 0 aliphatic carbocycles. The monoisotopic (exact) mass is 362 g/mol. The summed E-state index contributed by atoms with van der Waals surface area (Å²) in [6.07, 6.45) is 3.16. The summed E-state index contributed by atoms with van der Waals surface area (Å²) in [5, 5.41) is 0.446. The van der Waals surface area contributed by atoms with Gasteiger partial charge in [0, 0.05) is 6.20 Å². The average Bonchev–Trinajstić information content (AvgIpc) is 2.65. The average molecular weight is 362 g/mol. The van der Waals surface area contributed by atoms with Gasteiger partial charge in [-0.1, -0.05) is 23.9 Å². The first-order valence-corrected chi connectivity index (χ1v) is 8.60. The Morgan fingerprint density at radius 2 is 2.00 bits per heavy atom. The number of benzene rings is 1. The standard InChI is InChI=1S/C16H18N4O4S/c1-4-24-15(22)11-9-17-16(25-3)18-13(11)19-20-14(21)10-7-5-6-8-12(10)23-2/h5-9H,4H2,1-3H3,(H,20,21)(H,17,18,19). The summed E-state index contributed by atoms with van der Waals surface area (Å²) in [4.78, 5) is 32.6. The highest BCUT2D eigenvalue weighted by Crippen LogP contribution is 2.19. The lowest BCUT2D eigenvalue weighted by Crippen LogP contribution is -2.31. The second-order valence-electron chi connectivity index (χ2n) is 4.62. The van der Waals surface area contributed by atoms with E-state index in [0.29, 0.717) is 16.5 Å². The van der Waals surface area contributed by atoms with Gasteiger partial charge in [0.2, 0.25) is 0 Å². The van der Waals surface area contributed by atoms with Crippen LogP contribution in [0.25, 0.3) is 0 Å². The number of carbonyl (C=O) groups excluding carboxylic acids is 2. The number of amides is 1. The summed E-state index contributed by atoms with van der Waals surface area (Å²) in [6, 6.07) is 6.78. The summed E-state index contributed by atoms with van der Waals surface area (Å²) >= 11 is 1.31. The molecule has 2 rings (SSSR count). The molecule has 2 N–H and O–H groups in total. The molecule has 9 heteroatoms. The molecule has 1 aromatic heterocycles. The predicted molar refractivity (Wildman–Crippen MR) is 93.9 cm³/mol. The van der Waals surface area contributed by atoms with Crippen LogP contribution >= 0.6 is 11.8 Å². The van der Waals surface area contributed by atoms with Crippen LogP contribution in [0.5, 0.6) is 5.75 Å². The molecule has 0 radical (unpaired) electrons. The molecule has 132 valence electrons. The number of esters is 1. The van der Waals surface area contributed by atoms with Gasteiger partial charge in [0.1, 0.15) is 11.3 Å². The fourth-order valence-electron chi connectivity index (χ4n) is 1.93. The Morgan fingerprint density at radius 1 is 1.24 bits per heavy atom. The lowest BCUT2D eigenvalue weighted by Gasteiger charge is -2.13. The number of rotatable bonds is 7. The van der Waals surface area contributed by atoms with Crippen LogP contribution in [0.4, 0.5) is 5.82 Å². The maximum Gasteiger partial charge on any atom is 0.343 e. The van der Waals surface area contributed by atoms with Crippen molar-refractivity contribution in [3.8, 4) is 5.75 Å². The van der Waals surface area contributed by atoms with E-state index in [9.17, 15) is 9.59 Å². The third-order valence-electron chi connectivity index (χ3n) is 3.09. The molecule has 0 aliphatic heterocycles. The van der Waals surface area contributed by atoms with Gasteiger partial charge in [0.15, 0.2) is 11.0 Å². The lowest BCUT2D eigenvalue weighted by atomic mass is 10.2. The fourth-order valence-corrected chi connectivity index (χ4v) is 2.27. The topological polar surface area (TPSA) is 102 Å². The second kappa shape index (κ2) is 8.88. The van der Waals surface area contributed by atoms with Gasteiger partial charge in [0.05, 0.1) is 19.3 Å². The molecule has 0 aliphatic rings. The van der Waals surface area contributed by atoms with Gasteiger partial charge >= 0.3 is 5.97 Å². The number of hydrazine groups is 1. The Kier molecular flexibility index (Phi) is 6.58. The molecular formula is C16H18N4O4S. The van der Waals surface area contributed by atoms with Gasteiger partial charge in [-0.25, -0.2) is 14.8 Å². The second-order valence-corrected chi connectivity index (χ2v) is 5.39. The summed E-state index contributed by atoms with van der Waals surface area (Å²) in [5.41, 5.74) is 5.63. The van der Waals surface area contributed by atoms with E-state index in [1.807, 2.05) is 0 Å². The van der Waals surface area contributed by atoms with Crippen molar-refractivity contribution in [1.29, 1.82) is 0 Å². The summed E-state index contributed by atoms with van der Waals surface area (Å²) in [6.45, 7) is 1.92. The first-order chi connectivity index (χ1) is 12.1. The van der Waals surface area contributed by atoms with Crippen LogP contribution in [0, 0.1) is 0 Å². The minimum Gasteiger partial charge on any atom is -0.496 e. The molecule has 8 nitrogen and oxygen atoms in total. The Bertz CT molecular complexity index is 770. The minimum absolute atomic E-state index is 0.125. The van der Waals surface area contributed by atoms with Crippen molar-refractivity contribution in [1.82, 2.24) is 15.4 Å². The molecule has 0 bridgehead atoms. The zero-order valence-corrected chi connectivity index (χ0v) is 14.8. The van der Waals surface area contributed by atoms with Gasteiger partial charge in [-0.2, -0.15) is 0 Å². The molecule has 0 unspecified atom stereocenters. The number of hydrogen-bond acceptors (Lipinski definition) is 8. The largest absolute Gasteiger partial charge is 0.496 e. The molecule has 1 aromatic carbocycles. The summed E-state index contributed by atoms with van der Waals surface area (Å²) < 4.78 is 10.1. The van der Waals surface area contributed by atoms with Crippen LogP contribution in [0.2, 0.25) is 0 Å². The molecule has 1 amide bonds. The van der Waals surface area contributed by atoms with Crippen molar-refractivity contribution in [3.63, 3.8) is 0 Å². The quantitative estimate of drug-likeness (QED) is 0.334. The van der Waals surface area contributed by atoms with Crippen LogP contribution in [0.15, 0.2) is 35.6 Å². The smallest absolute Gasteiger partial charge is 0.343 e. The first kappa shape index (κ1) is 18.5. The van der Waals surface area contributed by atoms with Crippen molar-refractivity contribution in [2.45, 2.75) is 12.1 Å². The van der Waals surface area contributed by atoms with Crippen LogP contribution in [-0.2, 0) is 4.74 Å². The van der Waals surface area contributed by atoms with E-state index in [2.05, 4.69) is 20.8 Å². The van der Waals surface area contributed by atoms with Crippen molar-refractivity contribution < 1.29 is 19.1 Å². The number of thioether (sulfide) groups is 1. The molecule has 1 heterocycles. The number of hydrogen-bond donors (Lipinski definition) is 2. The predicted octanol–water partition coefficient (Wildman–Crippen LogP) is 2.14. The number of aromatic nitrogens is 2. The first-order valence-electron chi connectivity index (χ1n) is 7.38. The van der Waals surface area contributed by atoms with Crippen LogP contribution in [0.3, 0.4) is 0 Å². The van der Waals surface area contributed by atoms with E-state index in [1.54, 1.807) is 37.4 Å². The Hall–Kier alpha value is -2.81. The normalized spacial score (nSPS) is 10.0. The van der Waals surface area contributed by atoms with Gasteiger partial charge in [0.25, 0.3) is 5.91 Å². The number of nitrogens with zero attached hydrogens (tertiary/aromatic N) is 2. The summed E-state index contributed by atoms with van der Waals surface area (Å²) in [5.74, 6) is -0.429. The molecular weight excluding hydrogens is 344 g/mol. The minimum atomic E-state index is -0.579. The molecule has 2 aromatic rings. The zero-order valence-electron chi connectivity index (χ0n) is 14.0. The Labute approximate surface area is 149 Å². The highest BCUT2D eigenvalue weighted by Gasteiger charge is 2.17. The SMILES string of the molecule is CCOC(=O)c1cnc(SC)nc1NNC(=O)c1ccccc1OC. The highest BCUT2D eigenvalue weighted by molar-refractivity contribution is 7.98. The van der Waals surface area contributed by atoms with E-state index in [4.69, 9.17) is 9.47 Å². The maximum absolute atomic E-state index is 12.3. The Morgan fingerprint density at radius 3 is 2.68 bits per heavy atom. The number of ether oxygens (including phenoxy) is 2. The van der Waals surface area contributed by atoms with Crippen molar-refractivity contribution in [2.75, 3.05) is 25.4 Å². The number of methoxy groups -OCH3 is 1. The van der Waals surface area contributed by atoms with Gasteiger partial charge in [-0.15, -0.1) is 0 Å². The fraction of sp³-hybridized carbons (Fsp3) is 0.250. The molecule has 0 spiro atoms. The molecule has 0 atom stereocenters. The van der Waals surface area contributed by atoms with Crippen LogP contribution < -0.4 is 15.6 Å². The zero-order chi connectivity index (χ0) is 18.2. The number of anilines is 1. The van der Waals surface area contributed by atoms with Gasteiger partial charge in [-0.05, 0) is 25.3 Å². The van der Waals surface area contributed by atoms with E-state index in [-0.39, 0.29) is 18.0 Å². The van der Waals surface area contributed by atoms with E-state index in [1.165, 1.54) is 25.1 Å². The maximum atomic E-state index is 12.3. The highest BCUT2D eigenvalue weighted by atomic mass is 32.2. The number of carbonyl (C=O) groups is 2. The third-order valence-corrected chi connectivity index (χ3v) is 3.65. The molecule has 0 fully saturated rings. The van der Waals surface area contributed by atoms with Crippen molar-refractivity contribution >= 4 is 29.5 Å². The van der Waals surface area contributed by atoms with E-state index < -0.39 is 11.9 Å². The van der Waals surface area contributed by atoms with Crippen LogP contribution in [0.1, 0.15) is 27.6 Å². The number of nitrogens with one attached hydrogen (secondary N) is 2. The molecule has 0 saturated carbocycles. The van der Waals surface area contributed by atoms with Gasteiger partial charge < -0.3 is 9.47 Å². The molecule has 0 saturated heterocycles. The van der Waals surface area contributed by atoms with Gasteiger partial charge in [-0.3, -0.25) is 15.6 Å². The Balaban J connectivity index is 2.21. The lowest BCUT2D eigenvalue weighted by molar-refractivity contribution is 0.0526. The van der Waals surface area contributed by atoms with Crippen LogP contribution in [-0.4, -0.2) is 41.8 Å². The van der Waals surface area contributed by atoms with E-state index in [0.717, 1.165) is 0 Å². The summed E-state index contributed by atoms with van der Waals surface area (Å²) in [7, 11) is 1.48. The van der Waals surface area contributed by atoms with Crippen molar-refractivity contribution in [2.24, 2.45) is 0 Å². The number of para-hydroxylation sites is 1. The molecule has 25 heavy (non-hydrogen) atoms. The third kappa shape index (κ3) is 4.60.